The summed E-state index contributed by atoms with van der Waals surface area (Å²) in [5.74, 6) is 0. The topological polar surface area (TPSA) is 36.1 Å². The third kappa shape index (κ3) is 4.51. The first-order valence-corrected chi connectivity index (χ1v) is 19.7. The molecule has 270 valence electrons. The minimum atomic E-state index is 0.826. The maximum atomic E-state index is 6.54. The summed E-state index contributed by atoms with van der Waals surface area (Å²) in [5, 5.41) is 9.32. The van der Waals surface area contributed by atoms with E-state index in [0.29, 0.717) is 0 Å². The molecule has 9 aromatic carbocycles. The Kier molecular flexibility index (Phi) is 6.41. The highest BCUT2D eigenvalue weighted by molar-refractivity contribution is 6.16. The van der Waals surface area contributed by atoms with Crippen LogP contribution < -0.4 is 0 Å². The molecule has 13 rings (SSSR count). The Morgan fingerprint density at radius 1 is 0.241 bits per heavy atom. The van der Waals surface area contributed by atoms with Crippen LogP contribution in [0.1, 0.15) is 0 Å². The van der Waals surface area contributed by atoms with Gasteiger partial charge in [0.15, 0.2) is 0 Å². The van der Waals surface area contributed by atoms with Crippen molar-refractivity contribution in [3.63, 3.8) is 0 Å². The smallest absolute Gasteiger partial charge is 0.139 e. The monoisotopic (exact) mass is 740 g/mol. The normalized spacial score (nSPS) is 12.1. The first kappa shape index (κ1) is 31.4. The zero-order valence-corrected chi connectivity index (χ0v) is 31.2. The van der Waals surface area contributed by atoms with Crippen molar-refractivity contribution in [1.29, 1.82) is 0 Å². The van der Waals surface area contributed by atoms with E-state index in [2.05, 4.69) is 185 Å². The number of benzene rings is 9. The third-order valence-electron chi connectivity index (χ3n) is 12.1. The van der Waals surface area contributed by atoms with Gasteiger partial charge in [-0.2, -0.15) is 0 Å². The van der Waals surface area contributed by atoms with Gasteiger partial charge in [-0.25, -0.2) is 0 Å². The van der Waals surface area contributed by atoms with E-state index in [1.165, 1.54) is 54.8 Å². The Balaban J connectivity index is 0.929. The molecule has 0 bridgehead atoms. The number of rotatable bonds is 4. The highest BCUT2D eigenvalue weighted by Gasteiger charge is 2.18. The third-order valence-corrected chi connectivity index (χ3v) is 12.1. The van der Waals surface area contributed by atoms with E-state index in [9.17, 15) is 0 Å². The van der Waals surface area contributed by atoms with Crippen LogP contribution in [0, 0.1) is 0 Å². The van der Waals surface area contributed by atoms with E-state index in [1.807, 2.05) is 18.2 Å². The van der Waals surface area contributed by atoms with Crippen LogP contribution in [0.5, 0.6) is 0 Å². The fourth-order valence-electron chi connectivity index (χ4n) is 9.42. The number of hydrogen-bond donors (Lipinski definition) is 0. The van der Waals surface area contributed by atoms with Gasteiger partial charge in [-0.15, -0.1) is 0 Å². The molecule has 0 unspecified atom stereocenters. The number of hydrogen-bond acceptors (Lipinski definition) is 2. The van der Waals surface area contributed by atoms with Crippen molar-refractivity contribution in [1.82, 2.24) is 9.13 Å². The van der Waals surface area contributed by atoms with Crippen molar-refractivity contribution in [3.05, 3.63) is 194 Å². The molecule has 4 heteroatoms. The second-order valence-corrected chi connectivity index (χ2v) is 15.3. The summed E-state index contributed by atoms with van der Waals surface area (Å²) in [5.41, 5.74) is 15.1. The lowest BCUT2D eigenvalue weighted by Gasteiger charge is -2.10. The summed E-state index contributed by atoms with van der Waals surface area (Å²) in [7, 11) is 0. The van der Waals surface area contributed by atoms with E-state index >= 15 is 0 Å². The minimum Gasteiger partial charge on any atom is -0.456 e. The molecule has 4 nitrogen and oxygen atoms in total. The summed E-state index contributed by atoms with van der Waals surface area (Å²) in [6.45, 7) is 0. The Labute approximate surface area is 332 Å². The van der Waals surface area contributed by atoms with Gasteiger partial charge in [0.2, 0.25) is 0 Å². The predicted octanol–water partition coefficient (Wildman–Crippen LogP) is 15.0. The Bertz CT molecular complexity index is 3780. The Hall–Kier alpha value is -7.82. The summed E-state index contributed by atoms with van der Waals surface area (Å²) < 4.78 is 17.5. The molecule has 13 aromatic rings. The van der Waals surface area contributed by atoms with E-state index in [4.69, 9.17) is 8.83 Å². The van der Waals surface area contributed by atoms with Crippen molar-refractivity contribution in [2.45, 2.75) is 0 Å². The molecule has 0 saturated carbocycles. The fourth-order valence-corrected chi connectivity index (χ4v) is 9.42. The molecule has 4 heterocycles. The lowest BCUT2D eigenvalue weighted by atomic mass is 10.0. The molecule has 4 aromatic heterocycles. The fraction of sp³-hybridized carbons (Fsp3) is 0. The lowest BCUT2D eigenvalue weighted by Crippen LogP contribution is -1.94. The zero-order chi connectivity index (χ0) is 37.9. The number of aromatic nitrogens is 2. The standard InChI is InChI=1S/C54H32N2O2/c1-2-10-33(11-3-1)34-18-22-37(23-19-34)55-47-15-7-4-12-39(47)43-28-35(20-26-49(43)55)36-21-27-50-44(29-36)40-13-5-8-16-48(40)56(50)38-24-25-42-46-31-45-41-14-6-9-17-51(41)57-53(45)32-54(46)58-52(42)30-38/h1-32H. The largest absolute Gasteiger partial charge is 0.456 e. The molecule has 0 aliphatic heterocycles. The summed E-state index contributed by atoms with van der Waals surface area (Å²) in [6.07, 6.45) is 0. The molecule has 0 aliphatic carbocycles. The van der Waals surface area contributed by atoms with Crippen molar-refractivity contribution in [2.24, 2.45) is 0 Å². The van der Waals surface area contributed by atoms with Gasteiger partial charge in [-0.05, 0) is 95.1 Å². The van der Waals surface area contributed by atoms with Gasteiger partial charge in [-0.1, -0.05) is 109 Å². The Morgan fingerprint density at radius 2 is 0.707 bits per heavy atom. The summed E-state index contributed by atoms with van der Waals surface area (Å²) in [6, 6.07) is 69.7. The van der Waals surface area contributed by atoms with Crippen LogP contribution in [0.2, 0.25) is 0 Å². The Morgan fingerprint density at radius 3 is 1.38 bits per heavy atom. The number of para-hydroxylation sites is 3. The van der Waals surface area contributed by atoms with E-state index in [0.717, 1.165) is 66.3 Å². The van der Waals surface area contributed by atoms with E-state index in [1.54, 1.807) is 0 Å². The number of furan rings is 2. The SMILES string of the molecule is c1ccc(-c2ccc(-n3c4ccccc4c4cc(-c5ccc6c(c5)c5ccccc5n6-c5ccc6c(c5)oc5cc7oc8ccccc8c7cc56)ccc43)cc2)cc1. The summed E-state index contributed by atoms with van der Waals surface area (Å²) in [4.78, 5) is 0. The van der Waals surface area contributed by atoms with Crippen LogP contribution in [-0.4, -0.2) is 9.13 Å². The van der Waals surface area contributed by atoms with Crippen molar-refractivity contribution in [2.75, 3.05) is 0 Å². The van der Waals surface area contributed by atoms with Crippen molar-refractivity contribution in [3.8, 4) is 33.6 Å². The second kappa shape index (κ2) is 11.8. The van der Waals surface area contributed by atoms with E-state index < -0.39 is 0 Å². The highest BCUT2D eigenvalue weighted by atomic mass is 16.3. The molecule has 0 radical (unpaired) electrons. The molecule has 0 saturated heterocycles. The quantitative estimate of drug-likeness (QED) is 0.180. The zero-order valence-electron chi connectivity index (χ0n) is 31.2. The predicted molar refractivity (Wildman–Crippen MR) is 241 cm³/mol. The molecular formula is C54H32N2O2. The van der Waals surface area contributed by atoms with Gasteiger partial charge in [-0.3, -0.25) is 0 Å². The maximum absolute atomic E-state index is 6.54. The minimum absolute atomic E-state index is 0.826. The summed E-state index contributed by atoms with van der Waals surface area (Å²) >= 11 is 0. The molecule has 0 fully saturated rings. The van der Waals surface area contributed by atoms with Gasteiger partial charge in [0.25, 0.3) is 0 Å². The van der Waals surface area contributed by atoms with Gasteiger partial charge in [0, 0.05) is 66.6 Å². The molecule has 0 spiro atoms. The number of fused-ring (bicyclic) bond motifs is 12. The molecule has 0 amide bonds. The van der Waals surface area contributed by atoms with Gasteiger partial charge in [0.05, 0.1) is 22.1 Å². The van der Waals surface area contributed by atoms with Crippen LogP contribution in [0.4, 0.5) is 0 Å². The average molecular weight is 741 g/mol. The molecule has 0 atom stereocenters. The molecular weight excluding hydrogens is 709 g/mol. The van der Waals surface area contributed by atoms with Gasteiger partial charge >= 0.3 is 0 Å². The molecule has 0 N–H and O–H groups in total. The van der Waals surface area contributed by atoms with Crippen LogP contribution >= 0.6 is 0 Å². The van der Waals surface area contributed by atoms with Crippen molar-refractivity contribution >= 4 is 87.5 Å². The lowest BCUT2D eigenvalue weighted by molar-refractivity contribution is 0.656. The van der Waals surface area contributed by atoms with Crippen molar-refractivity contribution < 1.29 is 8.83 Å². The van der Waals surface area contributed by atoms with Gasteiger partial charge in [0.1, 0.15) is 22.3 Å². The van der Waals surface area contributed by atoms with Crippen LogP contribution in [0.25, 0.3) is 121 Å². The van der Waals surface area contributed by atoms with Gasteiger partial charge < -0.3 is 18.0 Å². The second-order valence-electron chi connectivity index (χ2n) is 15.3. The molecule has 58 heavy (non-hydrogen) atoms. The van der Waals surface area contributed by atoms with Crippen LogP contribution in [0.15, 0.2) is 203 Å². The van der Waals surface area contributed by atoms with Crippen LogP contribution in [-0.2, 0) is 0 Å². The number of nitrogens with zero attached hydrogens (tertiary/aromatic N) is 2. The highest BCUT2D eigenvalue weighted by Crippen LogP contribution is 2.41. The average Bonchev–Trinajstić information content (AvgIpc) is 4.02. The first-order chi connectivity index (χ1) is 28.7. The maximum Gasteiger partial charge on any atom is 0.139 e. The first-order valence-electron chi connectivity index (χ1n) is 19.7. The molecule has 0 aliphatic rings. The van der Waals surface area contributed by atoms with E-state index in [-0.39, 0.29) is 0 Å². The van der Waals surface area contributed by atoms with Crippen LogP contribution in [0.3, 0.4) is 0 Å².